The van der Waals surface area contributed by atoms with Crippen LogP contribution in [-0.4, -0.2) is 29.2 Å². The fraction of sp³-hybridized carbons (Fsp3) is 0.529. The smallest absolute Gasteiger partial charge is 0.123 e. The average Bonchev–Trinajstić information content (AvgIpc) is 2.67. The molecule has 1 aromatic carbocycles. The highest BCUT2D eigenvalue weighted by molar-refractivity contribution is 5.86. The van der Waals surface area contributed by atoms with Gasteiger partial charge in [-0.2, -0.15) is 0 Å². The van der Waals surface area contributed by atoms with Gasteiger partial charge in [-0.15, -0.1) is 0 Å². The second-order valence-corrected chi connectivity index (χ2v) is 6.59. The maximum absolute atomic E-state index is 13.7. The number of nitrogens with zero attached hydrogens (tertiary/aromatic N) is 2. The number of fused-ring (bicyclic) bond motifs is 3. The van der Waals surface area contributed by atoms with E-state index in [0.29, 0.717) is 18.7 Å². The second kappa shape index (κ2) is 4.31. The Kier molecular flexibility index (Phi) is 2.50. The molecule has 2 aromatic rings. The molecule has 0 N–H and O–H groups in total. The first-order valence-electron chi connectivity index (χ1n) is 7.95. The number of hydrogen-bond donors (Lipinski definition) is 0. The fourth-order valence-electron chi connectivity index (χ4n) is 4.68. The van der Waals surface area contributed by atoms with Crippen molar-refractivity contribution in [1.29, 1.82) is 0 Å². The normalized spacial score (nSPS) is 28.4. The molecule has 1 saturated heterocycles. The summed E-state index contributed by atoms with van der Waals surface area (Å²) < 4.78 is 22.0. The van der Waals surface area contributed by atoms with Crippen molar-refractivity contribution in [2.45, 2.75) is 32.0 Å². The summed E-state index contributed by atoms with van der Waals surface area (Å²) in [6.07, 6.45) is 3.55. The predicted octanol–water partition coefficient (Wildman–Crippen LogP) is 3.08. The van der Waals surface area contributed by atoms with E-state index in [1.165, 1.54) is 30.6 Å². The van der Waals surface area contributed by atoms with Crippen LogP contribution in [0.2, 0.25) is 0 Å². The fourth-order valence-corrected chi connectivity index (χ4v) is 4.68. The third-order valence-electron chi connectivity index (χ3n) is 5.52. The van der Waals surface area contributed by atoms with Gasteiger partial charge in [0.15, 0.2) is 0 Å². The molecular weight excluding hydrogens is 267 g/mol. The Bertz CT molecular complexity index is 719. The largest absolute Gasteiger partial charge is 0.360 e. The second-order valence-electron chi connectivity index (χ2n) is 6.59. The molecule has 0 saturated carbocycles. The van der Waals surface area contributed by atoms with Gasteiger partial charge in [0, 0.05) is 23.5 Å². The van der Waals surface area contributed by atoms with E-state index in [1.54, 1.807) is 12.1 Å². The van der Waals surface area contributed by atoms with Gasteiger partial charge in [-0.1, -0.05) is 0 Å². The molecule has 21 heavy (non-hydrogen) atoms. The van der Waals surface area contributed by atoms with Crippen molar-refractivity contribution in [2.24, 2.45) is 5.92 Å². The van der Waals surface area contributed by atoms with Crippen LogP contribution in [0.25, 0.3) is 10.9 Å². The molecule has 3 aliphatic heterocycles. The molecule has 1 unspecified atom stereocenters. The van der Waals surface area contributed by atoms with Crippen molar-refractivity contribution >= 4 is 10.9 Å². The van der Waals surface area contributed by atoms with Crippen LogP contribution in [-0.2, 0) is 17.9 Å². The molecule has 0 bridgehead atoms. The van der Waals surface area contributed by atoms with E-state index in [-0.39, 0.29) is 5.82 Å². The zero-order chi connectivity index (χ0) is 14.0. The third-order valence-corrected chi connectivity index (χ3v) is 5.52. The maximum atomic E-state index is 13.7. The van der Waals surface area contributed by atoms with Crippen molar-refractivity contribution < 1.29 is 9.13 Å². The zero-order valence-corrected chi connectivity index (χ0v) is 12.0. The van der Waals surface area contributed by atoms with Crippen molar-refractivity contribution in [3.63, 3.8) is 0 Å². The Morgan fingerprint density at radius 3 is 3.14 bits per heavy atom. The SMILES string of the molecule is Fc1ccc2c(c1)c1c3n2COCC2CCCN(CC1)[C@H]32. The minimum Gasteiger partial charge on any atom is -0.360 e. The first-order chi connectivity index (χ1) is 10.3. The molecule has 4 heterocycles. The maximum Gasteiger partial charge on any atom is 0.123 e. The van der Waals surface area contributed by atoms with E-state index in [4.69, 9.17) is 4.74 Å². The summed E-state index contributed by atoms with van der Waals surface area (Å²) in [7, 11) is 0. The van der Waals surface area contributed by atoms with Crippen LogP contribution < -0.4 is 0 Å². The van der Waals surface area contributed by atoms with Gasteiger partial charge in [0.2, 0.25) is 0 Å². The van der Waals surface area contributed by atoms with Gasteiger partial charge < -0.3 is 9.30 Å². The number of benzene rings is 1. The van der Waals surface area contributed by atoms with Crippen LogP contribution in [0, 0.1) is 11.7 Å². The van der Waals surface area contributed by atoms with E-state index in [1.807, 2.05) is 6.07 Å². The molecule has 0 radical (unpaired) electrons. The molecule has 3 nitrogen and oxygen atoms in total. The lowest BCUT2D eigenvalue weighted by Gasteiger charge is -2.43. The lowest BCUT2D eigenvalue weighted by atomic mass is 9.83. The summed E-state index contributed by atoms with van der Waals surface area (Å²) in [6.45, 7) is 3.75. The monoisotopic (exact) mass is 286 g/mol. The number of rotatable bonds is 0. The minimum atomic E-state index is -0.136. The highest BCUT2D eigenvalue weighted by Gasteiger charge is 2.41. The number of aromatic nitrogens is 1. The van der Waals surface area contributed by atoms with Crippen molar-refractivity contribution in [3.05, 3.63) is 35.3 Å². The van der Waals surface area contributed by atoms with Gasteiger partial charge in [-0.25, -0.2) is 4.39 Å². The molecule has 2 atom stereocenters. The van der Waals surface area contributed by atoms with Crippen LogP contribution in [0.3, 0.4) is 0 Å². The Hall–Kier alpha value is -1.39. The molecule has 0 spiro atoms. The molecular formula is C17H19FN2O. The van der Waals surface area contributed by atoms with Gasteiger partial charge in [0.25, 0.3) is 0 Å². The zero-order valence-electron chi connectivity index (χ0n) is 12.0. The van der Waals surface area contributed by atoms with Gasteiger partial charge >= 0.3 is 0 Å². The highest BCUT2D eigenvalue weighted by atomic mass is 19.1. The van der Waals surface area contributed by atoms with Gasteiger partial charge in [0.05, 0.1) is 18.2 Å². The average molecular weight is 286 g/mol. The van der Waals surface area contributed by atoms with Crippen molar-refractivity contribution in [3.8, 4) is 0 Å². The number of halogens is 1. The van der Waals surface area contributed by atoms with Crippen molar-refractivity contribution in [1.82, 2.24) is 9.47 Å². The van der Waals surface area contributed by atoms with Crippen LogP contribution in [0.5, 0.6) is 0 Å². The Balaban J connectivity index is 1.82. The summed E-state index contributed by atoms with van der Waals surface area (Å²) in [5.74, 6) is 0.455. The van der Waals surface area contributed by atoms with E-state index in [9.17, 15) is 4.39 Å². The predicted molar refractivity (Wildman–Crippen MR) is 78.6 cm³/mol. The molecule has 110 valence electrons. The summed E-state index contributed by atoms with van der Waals surface area (Å²) in [6, 6.07) is 5.67. The van der Waals surface area contributed by atoms with E-state index in [0.717, 1.165) is 30.5 Å². The third kappa shape index (κ3) is 1.60. The topological polar surface area (TPSA) is 17.4 Å². The molecule has 4 heteroatoms. The van der Waals surface area contributed by atoms with E-state index in [2.05, 4.69) is 9.47 Å². The molecule has 1 aromatic heterocycles. The quantitative estimate of drug-likeness (QED) is 0.740. The van der Waals surface area contributed by atoms with Crippen LogP contribution in [0.1, 0.15) is 30.1 Å². The van der Waals surface area contributed by atoms with Crippen molar-refractivity contribution in [2.75, 3.05) is 19.7 Å². The minimum absolute atomic E-state index is 0.136. The lowest BCUT2D eigenvalue weighted by Crippen LogP contribution is -2.44. The Morgan fingerprint density at radius 2 is 2.19 bits per heavy atom. The first-order valence-corrected chi connectivity index (χ1v) is 7.95. The summed E-state index contributed by atoms with van der Waals surface area (Å²) in [5.41, 5.74) is 3.90. The molecule has 3 aliphatic rings. The Morgan fingerprint density at radius 1 is 1.24 bits per heavy atom. The first kappa shape index (κ1) is 12.2. The molecule has 0 amide bonds. The molecule has 5 rings (SSSR count). The summed E-state index contributed by atoms with van der Waals surface area (Å²) in [5, 5.41) is 1.10. The number of ether oxygens (including phenoxy) is 1. The molecule has 1 fully saturated rings. The molecule has 0 aliphatic carbocycles. The summed E-state index contributed by atoms with van der Waals surface area (Å²) in [4.78, 5) is 2.62. The van der Waals surface area contributed by atoms with E-state index >= 15 is 0 Å². The van der Waals surface area contributed by atoms with Gasteiger partial charge in [0.1, 0.15) is 12.5 Å². The van der Waals surface area contributed by atoms with Gasteiger partial charge in [-0.3, -0.25) is 4.90 Å². The van der Waals surface area contributed by atoms with Crippen LogP contribution in [0.4, 0.5) is 4.39 Å². The standard InChI is InChI=1S/C17H19FN2O/c18-12-3-4-15-14(8-12)13-5-7-19-6-1-2-11-9-21-10-20(15)17(13)16(11)19/h3-4,8,11,16H,1-2,5-7,9-10H2/t11?,16-/m0/s1. The van der Waals surface area contributed by atoms with Crippen LogP contribution >= 0.6 is 0 Å². The highest BCUT2D eigenvalue weighted by Crippen LogP contribution is 2.45. The van der Waals surface area contributed by atoms with E-state index < -0.39 is 0 Å². The number of hydrogen-bond acceptors (Lipinski definition) is 2. The summed E-state index contributed by atoms with van der Waals surface area (Å²) >= 11 is 0. The lowest BCUT2D eigenvalue weighted by molar-refractivity contribution is 0.0167. The number of piperidine rings is 1. The van der Waals surface area contributed by atoms with Crippen LogP contribution in [0.15, 0.2) is 18.2 Å². The Labute approximate surface area is 123 Å². The van der Waals surface area contributed by atoms with Gasteiger partial charge in [-0.05, 0) is 49.6 Å².